The van der Waals surface area contributed by atoms with Gasteiger partial charge in [-0.15, -0.1) is 0 Å². The Morgan fingerprint density at radius 3 is 3.00 bits per heavy atom. The Labute approximate surface area is 110 Å². The van der Waals surface area contributed by atoms with Crippen LogP contribution in [0.2, 0.25) is 0 Å². The second kappa shape index (κ2) is 5.57. The second-order valence-electron chi connectivity index (χ2n) is 5.21. The van der Waals surface area contributed by atoms with Crippen molar-refractivity contribution in [1.29, 1.82) is 0 Å². The van der Waals surface area contributed by atoms with E-state index in [2.05, 4.69) is 35.7 Å². The number of likely N-dealkylation sites (tertiary alicyclic amines) is 1. The summed E-state index contributed by atoms with van der Waals surface area (Å²) < 4.78 is 0. The van der Waals surface area contributed by atoms with Crippen molar-refractivity contribution in [1.82, 2.24) is 9.88 Å². The summed E-state index contributed by atoms with van der Waals surface area (Å²) in [4.78, 5) is 9.27. The zero-order valence-corrected chi connectivity index (χ0v) is 11.7. The zero-order valence-electron chi connectivity index (χ0n) is 11.7. The molecular weight excluding hydrogens is 224 g/mol. The number of anilines is 2. The Hall–Kier alpha value is -1.29. The van der Waals surface area contributed by atoms with E-state index in [9.17, 15) is 0 Å². The summed E-state index contributed by atoms with van der Waals surface area (Å²) >= 11 is 0. The molecule has 0 aliphatic carbocycles. The number of aromatic nitrogens is 1. The molecule has 18 heavy (non-hydrogen) atoms. The van der Waals surface area contributed by atoms with Crippen LogP contribution in [0.3, 0.4) is 0 Å². The van der Waals surface area contributed by atoms with Gasteiger partial charge in [0.1, 0.15) is 5.82 Å². The van der Waals surface area contributed by atoms with Crippen molar-refractivity contribution in [2.45, 2.75) is 32.7 Å². The molecule has 1 unspecified atom stereocenters. The van der Waals surface area contributed by atoms with Crippen molar-refractivity contribution in [2.24, 2.45) is 0 Å². The quantitative estimate of drug-likeness (QED) is 0.884. The lowest BCUT2D eigenvalue weighted by molar-refractivity contribution is 0.270. The summed E-state index contributed by atoms with van der Waals surface area (Å²) in [5.74, 6) is 1.05. The Morgan fingerprint density at radius 1 is 1.56 bits per heavy atom. The number of nitrogens with two attached hydrogens (primary N) is 1. The second-order valence-corrected chi connectivity index (χ2v) is 5.21. The van der Waals surface area contributed by atoms with E-state index in [0.717, 1.165) is 30.2 Å². The van der Waals surface area contributed by atoms with E-state index in [1.807, 2.05) is 6.07 Å². The van der Waals surface area contributed by atoms with Gasteiger partial charge in [0.05, 0.1) is 11.9 Å². The van der Waals surface area contributed by atoms with Crippen LogP contribution in [-0.2, 0) is 0 Å². The molecule has 1 fully saturated rings. The molecule has 0 bridgehead atoms. The van der Waals surface area contributed by atoms with Gasteiger partial charge in [-0.2, -0.15) is 0 Å². The molecule has 0 saturated carbocycles. The van der Waals surface area contributed by atoms with Gasteiger partial charge in [0, 0.05) is 19.6 Å². The van der Waals surface area contributed by atoms with Gasteiger partial charge >= 0.3 is 0 Å². The Balaban J connectivity index is 2.05. The van der Waals surface area contributed by atoms with Crippen LogP contribution in [0, 0.1) is 6.92 Å². The van der Waals surface area contributed by atoms with Crippen molar-refractivity contribution in [3.8, 4) is 0 Å². The van der Waals surface area contributed by atoms with Crippen LogP contribution in [-0.4, -0.2) is 42.6 Å². The first kappa shape index (κ1) is 13.1. The minimum atomic E-state index is 0.666. The number of pyridine rings is 1. The Morgan fingerprint density at radius 2 is 2.33 bits per heavy atom. The standard InChI is InChI=1S/C14H24N4/c1-4-18-7-5-6-13(18)10-17(3)14-11(2)8-12(15)9-16-14/h8-9,13H,4-7,10,15H2,1-3H3. The fraction of sp³-hybridized carbons (Fsp3) is 0.643. The van der Waals surface area contributed by atoms with Crippen LogP contribution in [0.5, 0.6) is 0 Å². The molecule has 0 aromatic carbocycles. The van der Waals surface area contributed by atoms with Crippen molar-refractivity contribution < 1.29 is 0 Å². The fourth-order valence-corrected chi connectivity index (χ4v) is 2.91. The van der Waals surface area contributed by atoms with E-state index in [0.29, 0.717) is 6.04 Å². The first-order valence-electron chi connectivity index (χ1n) is 6.79. The number of hydrogen-bond donors (Lipinski definition) is 1. The largest absolute Gasteiger partial charge is 0.397 e. The molecule has 2 N–H and O–H groups in total. The number of rotatable bonds is 4. The number of aryl methyl sites for hydroxylation is 1. The summed E-state index contributed by atoms with van der Waals surface area (Å²) in [5, 5.41) is 0. The molecule has 4 nitrogen and oxygen atoms in total. The molecule has 1 aromatic rings. The highest BCUT2D eigenvalue weighted by Gasteiger charge is 2.24. The van der Waals surface area contributed by atoms with Crippen molar-refractivity contribution in [3.05, 3.63) is 17.8 Å². The summed E-state index contributed by atoms with van der Waals surface area (Å²) in [7, 11) is 2.12. The third kappa shape index (κ3) is 2.75. The maximum absolute atomic E-state index is 5.75. The number of nitrogen functional groups attached to an aromatic ring is 1. The van der Waals surface area contributed by atoms with E-state index < -0.39 is 0 Å². The van der Waals surface area contributed by atoms with Crippen molar-refractivity contribution in [2.75, 3.05) is 37.3 Å². The van der Waals surface area contributed by atoms with Gasteiger partial charge in [0.25, 0.3) is 0 Å². The maximum atomic E-state index is 5.75. The van der Waals surface area contributed by atoms with Crippen molar-refractivity contribution >= 4 is 11.5 Å². The minimum Gasteiger partial charge on any atom is -0.397 e. The highest BCUT2D eigenvalue weighted by molar-refractivity contribution is 5.52. The number of nitrogens with zero attached hydrogens (tertiary/aromatic N) is 3. The summed E-state index contributed by atoms with van der Waals surface area (Å²) in [6.45, 7) is 7.74. The van der Waals surface area contributed by atoms with Crippen LogP contribution < -0.4 is 10.6 Å². The summed E-state index contributed by atoms with van der Waals surface area (Å²) in [6, 6.07) is 2.66. The van der Waals surface area contributed by atoms with Gasteiger partial charge in [-0.1, -0.05) is 6.92 Å². The highest BCUT2D eigenvalue weighted by Crippen LogP contribution is 2.22. The van der Waals surface area contributed by atoms with Gasteiger partial charge < -0.3 is 10.6 Å². The zero-order chi connectivity index (χ0) is 13.1. The van der Waals surface area contributed by atoms with E-state index in [1.165, 1.54) is 19.4 Å². The average molecular weight is 248 g/mol. The molecule has 0 radical (unpaired) electrons. The number of hydrogen-bond acceptors (Lipinski definition) is 4. The molecule has 2 heterocycles. The summed E-state index contributed by atoms with van der Waals surface area (Å²) in [6.07, 6.45) is 4.36. The topological polar surface area (TPSA) is 45.4 Å². The molecule has 100 valence electrons. The van der Waals surface area contributed by atoms with E-state index in [4.69, 9.17) is 5.73 Å². The Bertz CT molecular complexity index is 405. The molecule has 0 amide bonds. The lowest BCUT2D eigenvalue weighted by Gasteiger charge is -2.29. The SMILES string of the molecule is CCN1CCCC1CN(C)c1ncc(N)cc1C. The van der Waals surface area contributed by atoms with Gasteiger partial charge in [-0.25, -0.2) is 4.98 Å². The van der Waals surface area contributed by atoms with E-state index in [1.54, 1.807) is 6.20 Å². The first-order chi connectivity index (χ1) is 8.61. The molecule has 0 spiro atoms. The van der Waals surface area contributed by atoms with Crippen LogP contribution >= 0.6 is 0 Å². The smallest absolute Gasteiger partial charge is 0.131 e. The molecule has 4 heteroatoms. The molecule has 1 saturated heterocycles. The number of likely N-dealkylation sites (N-methyl/N-ethyl adjacent to an activating group) is 2. The third-order valence-electron chi connectivity index (χ3n) is 3.82. The lowest BCUT2D eigenvalue weighted by Crippen LogP contribution is -2.39. The monoisotopic (exact) mass is 248 g/mol. The van der Waals surface area contributed by atoms with E-state index in [-0.39, 0.29) is 0 Å². The van der Waals surface area contributed by atoms with Crippen LogP contribution in [0.1, 0.15) is 25.3 Å². The molecule has 2 rings (SSSR count). The van der Waals surface area contributed by atoms with Crippen LogP contribution in [0.25, 0.3) is 0 Å². The van der Waals surface area contributed by atoms with Gasteiger partial charge in [0.15, 0.2) is 0 Å². The van der Waals surface area contributed by atoms with Gasteiger partial charge in [-0.3, -0.25) is 4.90 Å². The van der Waals surface area contributed by atoms with Crippen LogP contribution in [0.15, 0.2) is 12.3 Å². The minimum absolute atomic E-state index is 0.666. The van der Waals surface area contributed by atoms with Gasteiger partial charge in [0.2, 0.25) is 0 Å². The normalized spacial score (nSPS) is 20.3. The molecule has 1 aromatic heterocycles. The Kier molecular flexibility index (Phi) is 4.07. The molecule has 1 aliphatic heterocycles. The van der Waals surface area contributed by atoms with Crippen LogP contribution in [0.4, 0.5) is 11.5 Å². The predicted octanol–water partition coefficient (Wildman–Crippen LogP) is 1.89. The first-order valence-corrected chi connectivity index (χ1v) is 6.79. The van der Waals surface area contributed by atoms with E-state index >= 15 is 0 Å². The van der Waals surface area contributed by atoms with Crippen molar-refractivity contribution in [3.63, 3.8) is 0 Å². The highest BCUT2D eigenvalue weighted by atomic mass is 15.2. The fourth-order valence-electron chi connectivity index (χ4n) is 2.91. The third-order valence-corrected chi connectivity index (χ3v) is 3.82. The average Bonchev–Trinajstić information content (AvgIpc) is 2.76. The molecule has 1 atom stereocenters. The predicted molar refractivity (Wildman–Crippen MR) is 76.9 cm³/mol. The maximum Gasteiger partial charge on any atom is 0.131 e. The summed E-state index contributed by atoms with van der Waals surface area (Å²) in [5.41, 5.74) is 7.63. The molecule has 1 aliphatic rings. The lowest BCUT2D eigenvalue weighted by atomic mass is 10.2. The molecular formula is C14H24N4. The van der Waals surface area contributed by atoms with Gasteiger partial charge in [-0.05, 0) is 44.5 Å².